The second-order valence-corrected chi connectivity index (χ2v) is 7.46. The second kappa shape index (κ2) is 6.14. The van der Waals surface area contributed by atoms with Gasteiger partial charge in [0.15, 0.2) is 0 Å². The zero-order chi connectivity index (χ0) is 15.6. The topological polar surface area (TPSA) is 98.0 Å². The first-order valence-electron chi connectivity index (χ1n) is 6.00. The number of nitrogens with one attached hydrogen (secondary N) is 1. The lowest BCUT2D eigenvalue weighted by molar-refractivity contribution is 0.565. The number of hydrogen-bond donors (Lipinski definition) is 2. The molecule has 0 spiro atoms. The van der Waals surface area contributed by atoms with E-state index < -0.39 is 16.1 Å². The van der Waals surface area contributed by atoms with Crippen molar-refractivity contribution in [1.82, 2.24) is 14.7 Å². The van der Waals surface area contributed by atoms with Gasteiger partial charge in [0.2, 0.25) is 10.0 Å². The Morgan fingerprint density at radius 3 is 2.67 bits per heavy atom. The van der Waals surface area contributed by atoms with Gasteiger partial charge in [0.05, 0.1) is 11.7 Å². The van der Waals surface area contributed by atoms with Gasteiger partial charge in [0.1, 0.15) is 14.9 Å². The van der Waals surface area contributed by atoms with Crippen LogP contribution < -0.4 is 10.5 Å². The lowest BCUT2D eigenvalue weighted by Gasteiger charge is -2.12. The van der Waals surface area contributed by atoms with Crippen molar-refractivity contribution >= 4 is 38.6 Å². The molecule has 6 nitrogen and oxygen atoms in total. The molecule has 0 radical (unpaired) electrons. The molecule has 0 aliphatic rings. The summed E-state index contributed by atoms with van der Waals surface area (Å²) in [5.74, 6) is 0. The van der Waals surface area contributed by atoms with Gasteiger partial charge >= 0.3 is 0 Å². The molecule has 0 saturated heterocycles. The van der Waals surface area contributed by atoms with Crippen LogP contribution in [0.25, 0.3) is 0 Å². The maximum atomic E-state index is 12.3. The highest BCUT2D eigenvalue weighted by Crippen LogP contribution is 2.20. The lowest BCUT2D eigenvalue weighted by atomic mass is 10.3. The molecule has 0 bridgehead atoms. The molecular formula is C12H14N4O2S3. The Kier molecular flexibility index (Phi) is 4.67. The summed E-state index contributed by atoms with van der Waals surface area (Å²) < 4.78 is 27.1. The summed E-state index contributed by atoms with van der Waals surface area (Å²) in [6.45, 7) is 3.60. The van der Waals surface area contributed by atoms with E-state index in [0.717, 1.165) is 5.69 Å². The fraction of sp³-hybridized carbons (Fsp3) is 0.250. The second-order valence-electron chi connectivity index (χ2n) is 4.41. The Labute approximate surface area is 132 Å². The van der Waals surface area contributed by atoms with Gasteiger partial charge in [-0.2, -0.15) is 0 Å². The summed E-state index contributed by atoms with van der Waals surface area (Å²) in [4.78, 5) is 8.38. The minimum Gasteiger partial charge on any atom is -0.388 e. The minimum atomic E-state index is -3.67. The van der Waals surface area contributed by atoms with E-state index in [1.807, 2.05) is 12.3 Å². The number of aromatic nitrogens is 2. The summed E-state index contributed by atoms with van der Waals surface area (Å²) in [7, 11) is -3.67. The van der Waals surface area contributed by atoms with Crippen molar-refractivity contribution in [3.05, 3.63) is 40.1 Å². The predicted molar refractivity (Wildman–Crippen MR) is 85.7 cm³/mol. The summed E-state index contributed by atoms with van der Waals surface area (Å²) in [6, 6.07) is 2.49. The van der Waals surface area contributed by atoms with Gasteiger partial charge in [-0.05, 0) is 26.0 Å². The first-order valence-corrected chi connectivity index (χ1v) is 8.77. The van der Waals surface area contributed by atoms with Crippen LogP contribution in [0.5, 0.6) is 0 Å². The molecule has 0 fully saturated rings. The van der Waals surface area contributed by atoms with Crippen LogP contribution in [-0.2, 0) is 10.0 Å². The molecule has 2 rings (SSSR count). The molecule has 0 saturated carbocycles. The van der Waals surface area contributed by atoms with E-state index in [1.54, 1.807) is 6.92 Å². The van der Waals surface area contributed by atoms with E-state index in [1.165, 1.54) is 29.7 Å². The number of pyridine rings is 1. The van der Waals surface area contributed by atoms with Gasteiger partial charge in [-0.15, -0.1) is 11.3 Å². The number of hydrogen-bond acceptors (Lipinski definition) is 6. The van der Waals surface area contributed by atoms with E-state index in [-0.39, 0.29) is 9.88 Å². The van der Waals surface area contributed by atoms with Crippen LogP contribution in [0, 0.1) is 6.92 Å². The summed E-state index contributed by atoms with van der Waals surface area (Å²) >= 11 is 6.19. The van der Waals surface area contributed by atoms with Crippen LogP contribution in [0.3, 0.4) is 0 Å². The minimum absolute atomic E-state index is 0.0580. The zero-order valence-electron chi connectivity index (χ0n) is 11.4. The molecule has 3 N–H and O–H groups in total. The molecule has 112 valence electrons. The van der Waals surface area contributed by atoms with Crippen molar-refractivity contribution in [3.63, 3.8) is 0 Å². The van der Waals surface area contributed by atoms with Gasteiger partial charge in [-0.1, -0.05) is 12.2 Å². The molecule has 21 heavy (non-hydrogen) atoms. The third-order valence-electron chi connectivity index (χ3n) is 2.64. The zero-order valence-corrected chi connectivity index (χ0v) is 13.8. The van der Waals surface area contributed by atoms with Crippen molar-refractivity contribution < 1.29 is 8.42 Å². The normalized spacial score (nSPS) is 13.0. The highest BCUT2D eigenvalue weighted by Gasteiger charge is 2.20. The van der Waals surface area contributed by atoms with Gasteiger partial charge < -0.3 is 5.73 Å². The smallest absolute Gasteiger partial charge is 0.242 e. The Morgan fingerprint density at radius 2 is 2.19 bits per heavy atom. The highest BCUT2D eigenvalue weighted by molar-refractivity contribution is 7.89. The number of aryl methyl sites for hydroxylation is 1. The number of thiocarbonyl (C=S) groups is 1. The third-order valence-corrected chi connectivity index (χ3v) is 5.52. The van der Waals surface area contributed by atoms with Crippen LogP contribution in [0.1, 0.15) is 29.4 Å². The van der Waals surface area contributed by atoms with Crippen LogP contribution >= 0.6 is 23.6 Å². The molecular weight excluding hydrogens is 328 g/mol. The Bertz CT molecular complexity index is 753. The molecule has 2 heterocycles. The predicted octanol–water partition coefficient (Wildman–Crippen LogP) is 1.52. The highest BCUT2D eigenvalue weighted by atomic mass is 32.2. The molecule has 0 aromatic carbocycles. The van der Waals surface area contributed by atoms with Gasteiger partial charge in [-0.3, -0.25) is 4.98 Å². The van der Waals surface area contributed by atoms with Crippen molar-refractivity contribution in [2.24, 2.45) is 5.73 Å². The number of nitrogens with zero attached hydrogens (tertiary/aromatic N) is 2. The molecule has 0 amide bonds. The van der Waals surface area contributed by atoms with Gasteiger partial charge in [-0.25, -0.2) is 18.1 Å². The molecule has 0 aliphatic carbocycles. The third kappa shape index (κ3) is 3.82. The molecule has 2 aromatic rings. The maximum Gasteiger partial charge on any atom is 0.242 e. The number of sulfonamides is 1. The Balaban J connectivity index is 2.19. The van der Waals surface area contributed by atoms with Gasteiger partial charge in [0, 0.05) is 17.3 Å². The average Bonchev–Trinajstić information content (AvgIpc) is 2.85. The molecule has 2 aromatic heterocycles. The van der Waals surface area contributed by atoms with Crippen molar-refractivity contribution in [2.75, 3.05) is 0 Å². The van der Waals surface area contributed by atoms with Crippen LogP contribution in [0.4, 0.5) is 0 Å². The van der Waals surface area contributed by atoms with E-state index in [2.05, 4.69) is 14.7 Å². The summed E-state index contributed by atoms with van der Waals surface area (Å²) in [5.41, 5.74) is 6.68. The van der Waals surface area contributed by atoms with Crippen molar-refractivity contribution in [3.8, 4) is 0 Å². The van der Waals surface area contributed by atoms with Gasteiger partial charge in [0.25, 0.3) is 0 Å². The van der Waals surface area contributed by atoms with Crippen molar-refractivity contribution in [1.29, 1.82) is 0 Å². The molecule has 9 heteroatoms. The standard InChI is InChI=1S/C12H14N4O2S3/c1-7-6-20-12(15-7)8(2)16-21(17,18)9-3-4-10(11(13)19)14-5-9/h3-6,8,16H,1-2H3,(H2,13,19). The van der Waals surface area contributed by atoms with Crippen molar-refractivity contribution in [2.45, 2.75) is 24.8 Å². The lowest BCUT2D eigenvalue weighted by Crippen LogP contribution is -2.27. The van der Waals surface area contributed by atoms with E-state index in [4.69, 9.17) is 18.0 Å². The molecule has 1 atom stereocenters. The molecule has 1 unspecified atom stereocenters. The van der Waals surface area contributed by atoms with Crippen LogP contribution in [-0.4, -0.2) is 23.4 Å². The van der Waals surface area contributed by atoms with E-state index >= 15 is 0 Å². The van der Waals surface area contributed by atoms with E-state index in [0.29, 0.717) is 10.7 Å². The number of rotatable bonds is 5. The Hall–Kier alpha value is -1.42. The molecule has 0 aliphatic heterocycles. The van der Waals surface area contributed by atoms with Crippen LogP contribution in [0.2, 0.25) is 0 Å². The number of nitrogens with two attached hydrogens (primary N) is 1. The summed E-state index contributed by atoms with van der Waals surface area (Å²) in [6.07, 6.45) is 1.23. The average molecular weight is 342 g/mol. The number of thiazole rings is 1. The quantitative estimate of drug-likeness (QED) is 0.800. The maximum absolute atomic E-state index is 12.3. The fourth-order valence-electron chi connectivity index (χ4n) is 1.61. The largest absolute Gasteiger partial charge is 0.388 e. The Morgan fingerprint density at radius 1 is 1.48 bits per heavy atom. The SMILES string of the molecule is Cc1csc(C(C)NS(=O)(=O)c2ccc(C(N)=S)nc2)n1. The summed E-state index contributed by atoms with van der Waals surface area (Å²) in [5, 5.41) is 2.59. The first-order chi connectivity index (χ1) is 9.79. The van der Waals surface area contributed by atoms with Crippen LogP contribution in [0.15, 0.2) is 28.6 Å². The monoisotopic (exact) mass is 342 g/mol. The first kappa shape index (κ1) is 16.0. The fourth-order valence-corrected chi connectivity index (χ4v) is 3.76. The van der Waals surface area contributed by atoms with E-state index in [9.17, 15) is 8.42 Å².